The van der Waals surface area contributed by atoms with E-state index in [0.29, 0.717) is 5.75 Å². The second-order valence-electron chi connectivity index (χ2n) is 3.86. The fourth-order valence-corrected chi connectivity index (χ4v) is 2.07. The number of carboxylic acids is 1. The molecular weight excluding hydrogens is 232 g/mol. The van der Waals surface area contributed by atoms with E-state index in [1.165, 1.54) is 0 Å². The van der Waals surface area contributed by atoms with Crippen molar-refractivity contribution in [1.82, 2.24) is 10.6 Å². The van der Waals surface area contributed by atoms with E-state index in [2.05, 4.69) is 10.6 Å². The Morgan fingerprint density at radius 3 is 2.56 bits per heavy atom. The lowest BCUT2D eigenvalue weighted by molar-refractivity contribution is -0.143. The number of nitrogens with one attached hydrogen (secondary N) is 2. The summed E-state index contributed by atoms with van der Waals surface area (Å²) in [6, 6.07) is -1.55. The summed E-state index contributed by atoms with van der Waals surface area (Å²) in [6.45, 7) is 3.42. The van der Waals surface area contributed by atoms with Gasteiger partial charge in [-0.3, -0.25) is 9.59 Å². The quantitative estimate of drug-likeness (QED) is 0.650. The normalized spacial score (nSPS) is 21.7. The van der Waals surface area contributed by atoms with Gasteiger partial charge >= 0.3 is 5.97 Å². The van der Waals surface area contributed by atoms with Crippen molar-refractivity contribution in [3.8, 4) is 0 Å². The third kappa shape index (κ3) is 3.13. The van der Waals surface area contributed by atoms with Gasteiger partial charge in [-0.25, -0.2) is 4.79 Å². The van der Waals surface area contributed by atoms with Crippen LogP contribution in [0.2, 0.25) is 0 Å². The Morgan fingerprint density at radius 1 is 1.56 bits per heavy atom. The molecule has 1 fully saturated rings. The van der Waals surface area contributed by atoms with Crippen molar-refractivity contribution < 1.29 is 19.5 Å². The molecule has 0 spiro atoms. The molecule has 0 saturated carbocycles. The van der Waals surface area contributed by atoms with E-state index >= 15 is 0 Å². The fourth-order valence-electron chi connectivity index (χ4n) is 1.29. The maximum absolute atomic E-state index is 11.6. The molecule has 0 aromatic rings. The molecule has 0 aromatic carbocycles. The Bertz CT molecular complexity index is 319. The molecule has 1 saturated heterocycles. The minimum Gasteiger partial charge on any atom is -0.480 e. The zero-order valence-electron chi connectivity index (χ0n) is 9.02. The van der Waals surface area contributed by atoms with Crippen molar-refractivity contribution in [3.05, 3.63) is 0 Å². The first-order chi connectivity index (χ1) is 7.41. The van der Waals surface area contributed by atoms with E-state index < -0.39 is 24.0 Å². The van der Waals surface area contributed by atoms with Crippen molar-refractivity contribution in [2.24, 2.45) is 5.92 Å². The van der Waals surface area contributed by atoms with Crippen LogP contribution < -0.4 is 10.6 Å². The zero-order valence-corrected chi connectivity index (χ0v) is 9.84. The summed E-state index contributed by atoms with van der Waals surface area (Å²) < 4.78 is 0. The molecule has 3 N–H and O–H groups in total. The van der Waals surface area contributed by atoms with Crippen molar-refractivity contribution in [3.63, 3.8) is 0 Å². The molecule has 1 heterocycles. The molecule has 0 unspecified atom stereocenters. The largest absolute Gasteiger partial charge is 0.480 e. The first-order valence-electron chi connectivity index (χ1n) is 4.88. The van der Waals surface area contributed by atoms with Gasteiger partial charge in [0, 0.05) is 5.75 Å². The smallest absolute Gasteiger partial charge is 0.326 e. The Kier molecular flexibility index (Phi) is 4.17. The first-order valence-corrected chi connectivity index (χ1v) is 5.87. The molecule has 6 nitrogen and oxygen atoms in total. The van der Waals surface area contributed by atoms with E-state index in [-0.39, 0.29) is 11.2 Å². The molecule has 16 heavy (non-hydrogen) atoms. The highest BCUT2D eigenvalue weighted by Crippen LogP contribution is 2.13. The second-order valence-corrected chi connectivity index (χ2v) is 4.86. The number of aliphatic carboxylic acids is 1. The lowest BCUT2D eigenvalue weighted by Gasteiger charge is -2.19. The third-order valence-electron chi connectivity index (χ3n) is 2.22. The van der Waals surface area contributed by atoms with Gasteiger partial charge in [-0.15, -0.1) is 0 Å². The Morgan fingerprint density at radius 2 is 2.19 bits per heavy atom. The SMILES string of the molecule is CC(C)[C@H](NC(=O)[C@@H]1CSC(=O)N1)C(=O)O. The van der Waals surface area contributed by atoms with Crippen LogP contribution in [-0.2, 0) is 9.59 Å². The van der Waals surface area contributed by atoms with E-state index in [4.69, 9.17) is 5.11 Å². The van der Waals surface area contributed by atoms with Gasteiger partial charge in [-0.05, 0) is 5.92 Å². The van der Waals surface area contributed by atoms with Gasteiger partial charge in [0.05, 0.1) is 0 Å². The van der Waals surface area contributed by atoms with Crippen LogP contribution in [0, 0.1) is 5.92 Å². The van der Waals surface area contributed by atoms with E-state index in [0.717, 1.165) is 11.8 Å². The summed E-state index contributed by atoms with van der Waals surface area (Å²) in [4.78, 5) is 33.3. The van der Waals surface area contributed by atoms with Gasteiger partial charge < -0.3 is 15.7 Å². The molecule has 2 amide bonds. The lowest BCUT2D eigenvalue weighted by atomic mass is 10.0. The van der Waals surface area contributed by atoms with Gasteiger partial charge in [-0.1, -0.05) is 25.6 Å². The standard InChI is InChI=1S/C9H14N2O4S/c1-4(2)6(8(13)14)11-7(12)5-3-16-9(15)10-5/h4-6H,3H2,1-2H3,(H,10,15)(H,11,12)(H,13,14)/t5-,6-/m0/s1. The van der Waals surface area contributed by atoms with E-state index in [1.807, 2.05) is 0 Å². The second kappa shape index (κ2) is 5.20. The minimum absolute atomic E-state index is 0.203. The number of carbonyl (C=O) groups excluding carboxylic acids is 2. The molecule has 1 aliphatic heterocycles. The molecule has 90 valence electrons. The molecule has 0 aliphatic carbocycles. The van der Waals surface area contributed by atoms with Crippen LogP contribution in [0.1, 0.15) is 13.8 Å². The summed E-state index contributed by atoms with van der Waals surface area (Å²) in [5.74, 6) is -1.37. The lowest BCUT2D eigenvalue weighted by Crippen LogP contribution is -2.51. The molecule has 0 aromatic heterocycles. The van der Waals surface area contributed by atoms with Gasteiger partial charge in [0.2, 0.25) is 5.91 Å². The molecule has 0 radical (unpaired) electrons. The Hall–Kier alpha value is -1.24. The highest BCUT2D eigenvalue weighted by molar-refractivity contribution is 8.14. The predicted molar refractivity (Wildman–Crippen MR) is 59.2 cm³/mol. The van der Waals surface area contributed by atoms with Crippen LogP contribution in [0.5, 0.6) is 0 Å². The average molecular weight is 246 g/mol. The van der Waals surface area contributed by atoms with Crippen LogP contribution in [0.3, 0.4) is 0 Å². The van der Waals surface area contributed by atoms with E-state index in [1.54, 1.807) is 13.8 Å². The molecule has 1 rings (SSSR count). The van der Waals surface area contributed by atoms with Crippen LogP contribution >= 0.6 is 11.8 Å². The van der Waals surface area contributed by atoms with Crippen LogP contribution in [0.15, 0.2) is 0 Å². The van der Waals surface area contributed by atoms with E-state index in [9.17, 15) is 14.4 Å². The monoisotopic (exact) mass is 246 g/mol. The number of thioether (sulfide) groups is 1. The summed E-state index contributed by atoms with van der Waals surface area (Å²) >= 11 is 1.02. The van der Waals surface area contributed by atoms with Crippen LogP contribution in [0.25, 0.3) is 0 Å². The van der Waals surface area contributed by atoms with Crippen molar-refractivity contribution in [1.29, 1.82) is 0 Å². The molecular formula is C9H14N2O4S. The van der Waals surface area contributed by atoms with Gasteiger partial charge in [0.15, 0.2) is 0 Å². The maximum Gasteiger partial charge on any atom is 0.326 e. The number of amides is 2. The van der Waals surface area contributed by atoms with Crippen LogP contribution in [-0.4, -0.2) is 40.1 Å². The number of carbonyl (C=O) groups is 3. The molecule has 0 bridgehead atoms. The number of hydrogen-bond donors (Lipinski definition) is 3. The Labute approximate surface area is 97.2 Å². The fraction of sp³-hybridized carbons (Fsp3) is 0.667. The maximum atomic E-state index is 11.6. The third-order valence-corrected chi connectivity index (χ3v) is 3.10. The molecule has 7 heteroatoms. The average Bonchev–Trinajstić information content (AvgIpc) is 2.59. The number of carboxylic acid groups (broad SMARTS) is 1. The van der Waals surface area contributed by atoms with Crippen molar-refractivity contribution in [2.45, 2.75) is 25.9 Å². The van der Waals surface area contributed by atoms with Gasteiger partial charge in [-0.2, -0.15) is 0 Å². The summed E-state index contributed by atoms with van der Waals surface area (Å²) in [6.07, 6.45) is 0. The highest BCUT2D eigenvalue weighted by atomic mass is 32.2. The summed E-state index contributed by atoms with van der Waals surface area (Å²) in [5.41, 5.74) is 0. The van der Waals surface area contributed by atoms with Crippen molar-refractivity contribution >= 4 is 28.9 Å². The van der Waals surface area contributed by atoms with Gasteiger partial charge in [0.1, 0.15) is 12.1 Å². The first kappa shape index (κ1) is 12.8. The summed E-state index contributed by atoms with van der Waals surface area (Å²) in [7, 11) is 0. The van der Waals surface area contributed by atoms with Crippen molar-refractivity contribution in [2.75, 3.05) is 5.75 Å². The topological polar surface area (TPSA) is 95.5 Å². The van der Waals surface area contributed by atoms with Gasteiger partial charge in [0.25, 0.3) is 5.24 Å². The predicted octanol–water partition coefficient (Wildman–Crippen LogP) is 0.0368. The zero-order chi connectivity index (χ0) is 12.3. The molecule has 1 aliphatic rings. The summed E-state index contributed by atoms with van der Waals surface area (Å²) in [5, 5.41) is 13.5. The minimum atomic E-state index is -1.07. The number of rotatable bonds is 4. The number of hydrogen-bond acceptors (Lipinski definition) is 4. The van der Waals surface area contributed by atoms with Crippen LogP contribution in [0.4, 0.5) is 4.79 Å². The molecule has 2 atom stereocenters. The highest BCUT2D eigenvalue weighted by Gasteiger charge is 2.31. The Balaban J connectivity index is 2.55.